The number of rotatable bonds is 4. The average molecular weight is 392 g/mol. The Morgan fingerprint density at radius 1 is 1.11 bits per heavy atom. The van der Waals surface area contributed by atoms with Gasteiger partial charge >= 0.3 is 6.03 Å². The van der Waals surface area contributed by atoms with Gasteiger partial charge < -0.3 is 14.8 Å². The van der Waals surface area contributed by atoms with Gasteiger partial charge in [0.15, 0.2) is 0 Å². The Morgan fingerprint density at radius 3 is 2.64 bits per heavy atom. The second kappa shape index (κ2) is 8.15. The molecule has 0 bridgehead atoms. The molecule has 0 unspecified atom stereocenters. The molecule has 144 valence electrons. The van der Waals surface area contributed by atoms with Crippen molar-refractivity contribution in [1.82, 2.24) is 14.8 Å². The standard InChI is InChI=1S/C23H25N3OS/c1-3-14-24-23(27)26-16-18-7-4-5-8-20(18)25-15-6-9-21(25)22(26)17-10-12-19(28-2)13-11-17/h4-13,15,22H,3,14,16H2,1-2H3,(H,24,27)/t22-/m0/s1. The van der Waals surface area contributed by atoms with Crippen LogP contribution in [0.15, 0.2) is 71.8 Å². The zero-order valence-corrected chi connectivity index (χ0v) is 17.1. The molecule has 0 saturated carbocycles. The summed E-state index contributed by atoms with van der Waals surface area (Å²) in [6.07, 6.45) is 5.08. The fraction of sp³-hybridized carbons (Fsp3) is 0.261. The second-order valence-electron chi connectivity index (χ2n) is 6.97. The van der Waals surface area contributed by atoms with E-state index in [2.05, 4.69) is 83.9 Å². The second-order valence-corrected chi connectivity index (χ2v) is 7.85. The average Bonchev–Trinajstić information content (AvgIpc) is 3.16. The van der Waals surface area contributed by atoms with E-state index in [1.807, 2.05) is 11.0 Å². The molecule has 2 aromatic carbocycles. The number of amides is 2. The van der Waals surface area contributed by atoms with Crippen LogP contribution < -0.4 is 5.32 Å². The van der Waals surface area contributed by atoms with E-state index in [1.165, 1.54) is 4.90 Å². The van der Waals surface area contributed by atoms with Crippen molar-refractivity contribution >= 4 is 17.8 Å². The highest BCUT2D eigenvalue weighted by Crippen LogP contribution is 2.37. The number of nitrogens with one attached hydrogen (secondary N) is 1. The van der Waals surface area contributed by atoms with Crippen LogP contribution in [0.2, 0.25) is 0 Å². The van der Waals surface area contributed by atoms with Crippen LogP contribution in [-0.4, -0.2) is 28.3 Å². The highest BCUT2D eigenvalue weighted by Gasteiger charge is 2.32. The summed E-state index contributed by atoms with van der Waals surface area (Å²) in [7, 11) is 0. The van der Waals surface area contributed by atoms with E-state index < -0.39 is 0 Å². The summed E-state index contributed by atoms with van der Waals surface area (Å²) in [5.74, 6) is 0. The van der Waals surface area contributed by atoms with Crippen molar-refractivity contribution in [2.45, 2.75) is 30.8 Å². The maximum Gasteiger partial charge on any atom is 0.318 e. The van der Waals surface area contributed by atoms with Gasteiger partial charge in [0.25, 0.3) is 0 Å². The maximum absolute atomic E-state index is 13.2. The summed E-state index contributed by atoms with van der Waals surface area (Å²) in [6, 6.07) is 20.9. The van der Waals surface area contributed by atoms with Crippen LogP contribution in [0.1, 0.15) is 36.2 Å². The summed E-state index contributed by atoms with van der Waals surface area (Å²) in [6.45, 7) is 3.32. The Balaban J connectivity index is 1.85. The quantitative estimate of drug-likeness (QED) is 0.619. The SMILES string of the molecule is CCCNC(=O)N1Cc2ccccc2-n2cccc2[C@@H]1c1ccc(SC)cc1. The Hall–Kier alpha value is -2.66. The first kappa shape index (κ1) is 18.7. The lowest BCUT2D eigenvalue weighted by Crippen LogP contribution is -2.42. The molecule has 0 aliphatic carbocycles. The van der Waals surface area contributed by atoms with E-state index in [-0.39, 0.29) is 12.1 Å². The molecule has 2 amide bonds. The Bertz CT molecular complexity index is 964. The summed E-state index contributed by atoms with van der Waals surface area (Å²) < 4.78 is 2.22. The summed E-state index contributed by atoms with van der Waals surface area (Å²) in [5, 5.41) is 3.08. The summed E-state index contributed by atoms with van der Waals surface area (Å²) in [5.41, 5.74) is 4.51. The Kier molecular flexibility index (Phi) is 5.44. The molecule has 4 nitrogen and oxygen atoms in total. The third-order valence-electron chi connectivity index (χ3n) is 5.18. The first-order valence-corrected chi connectivity index (χ1v) is 10.9. The van der Waals surface area contributed by atoms with Gasteiger partial charge in [-0.1, -0.05) is 37.3 Å². The van der Waals surface area contributed by atoms with Gasteiger partial charge in [0.05, 0.1) is 18.3 Å². The predicted octanol–water partition coefficient (Wildman–Crippen LogP) is 5.22. The number of hydrogen-bond donors (Lipinski definition) is 1. The van der Waals surface area contributed by atoms with Gasteiger partial charge in [-0.3, -0.25) is 0 Å². The van der Waals surface area contributed by atoms with Crippen LogP contribution >= 0.6 is 11.8 Å². The van der Waals surface area contributed by atoms with Crippen LogP contribution in [-0.2, 0) is 6.54 Å². The van der Waals surface area contributed by atoms with E-state index >= 15 is 0 Å². The summed E-state index contributed by atoms with van der Waals surface area (Å²) in [4.78, 5) is 16.3. The lowest BCUT2D eigenvalue weighted by Gasteiger charge is -2.31. The normalized spacial score (nSPS) is 15.5. The topological polar surface area (TPSA) is 37.3 Å². The number of urea groups is 1. The van der Waals surface area contributed by atoms with Crippen molar-refractivity contribution in [3.05, 3.63) is 83.7 Å². The van der Waals surface area contributed by atoms with Crippen molar-refractivity contribution in [2.24, 2.45) is 0 Å². The Morgan fingerprint density at radius 2 is 1.89 bits per heavy atom. The molecule has 1 aliphatic heterocycles. The molecule has 5 heteroatoms. The third-order valence-corrected chi connectivity index (χ3v) is 5.93. The molecule has 3 aromatic rings. The van der Waals surface area contributed by atoms with Gasteiger partial charge in [0.2, 0.25) is 0 Å². The van der Waals surface area contributed by atoms with Gasteiger partial charge in [-0.05, 0) is 54.1 Å². The number of thioether (sulfide) groups is 1. The van der Waals surface area contributed by atoms with E-state index in [0.29, 0.717) is 13.1 Å². The van der Waals surface area contributed by atoms with Gasteiger partial charge in [-0.25, -0.2) is 4.79 Å². The highest BCUT2D eigenvalue weighted by molar-refractivity contribution is 7.98. The molecule has 2 heterocycles. The number of carbonyl (C=O) groups is 1. The minimum atomic E-state index is -0.143. The molecule has 0 spiro atoms. The first-order valence-electron chi connectivity index (χ1n) is 9.67. The summed E-state index contributed by atoms with van der Waals surface area (Å²) >= 11 is 1.73. The molecule has 1 atom stereocenters. The van der Waals surface area contributed by atoms with Crippen molar-refractivity contribution in [3.8, 4) is 5.69 Å². The molecule has 1 aromatic heterocycles. The maximum atomic E-state index is 13.2. The molecule has 0 fully saturated rings. The number of nitrogens with zero attached hydrogens (tertiary/aromatic N) is 2. The lowest BCUT2D eigenvalue weighted by molar-refractivity contribution is 0.180. The van der Waals surface area contributed by atoms with Crippen molar-refractivity contribution < 1.29 is 4.79 Å². The van der Waals surface area contributed by atoms with Crippen molar-refractivity contribution in [2.75, 3.05) is 12.8 Å². The number of carbonyl (C=O) groups excluding carboxylic acids is 1. The first-order chi connectivity index (χ1) is 13.7. The number of hydrogen-bond acceptors (Lipinski definition) is 2. The zero-order chi connectivity index (χ0) is 19.5. The molecule has 0 radical (unpaired) electrons. The molecule has 1 N–H and O–H groups in total. The van der Waals surface area contributed by atoms with Gasteiger partial charge in [-0.2, -0.15) is 0 Å². The van der Waals surface area contributed by atoms with Crippen LogP contribution in [0.5, 0.6) is 0 Å². The molecule has 1 aliphatic rings. The smallest absolute Gasteiger partial charge is 0.318 e. The van der Waals surface area contributed by atoms with Crippen LogP contribution in [0.4, 0.5) is 4.79 Å². The number of para-hydroxylation sites is 1. The fourth-order valence-electron chi connectivity index (χ4n) is 3.81. The van der Waals surface area contributed by atoms with E-state index in [4.69, 9.17) is 0 Å². The predicted molar refractivity (Wildman–Crippen MR) is 115 cm³/mol. The van der Waals surface area contributed by atoms with Gasteiger partial charge in [0, 0.05) is 23.3 Å². The van der Waals surface area contributed by atoms with E-state index in [0.717, 1.165) is 28.9 Å². The van der Waals surface area contributed by atoms with Gasteiger partial charge in [0.1, 0.15) is 0 Å². The van der Waals surface area contributed by atoms with E-state index in [1.54, 1.807) is 11.8 Å². The van der Waals surface area contributed by atoms with Crippen LogP contribution in [0, 0.1) is 0 Å². The Labute approximate surface area is 170 Å². The largest absolute Gasteiger partial charge is 0.338 e. The van der Waals surface area contributed by atoms with Crippen LogP contribution in [0.3, 0.4) is 0 Å². The third kappa shape index (κ3) is 3.42. The molecular weight excluding hydrogens is 366 g/mol. The van der Waals surface area contributed by atoms with Crippen LogP contribution in [0.25, 0.3) is 5.69 Å². The van der Waals surface area contributed by atoms with Gasteiger partial charge in [-0.15, -0.1) is 11.8 Å². The van der Waals surface area contributed by atoms with Crippen molar-refractivity contribution in [1.29, 1.82) is 0 Å². The molecule has 28 heavy (non-hydrogen) atoms. The molecule has 4 rings (SSSR count). The van der Waals surface area contributed by atoms with E-state index in [9.17, 15) is 4.79 Å². The fourth-order valence-corrected chi connectivity index (χ4v) is 4.22. The number of fused-ring (bicyclic) bond motifs is 3. The molecule has 0 saturated heterocycles. The molecular formula is C23H25N3OS. The zero-order valence-electron chi connectivity index (χ0n) is 16.3. The van der Waals surface area contributed by atoms with Crippen molar-refractivity contribution in [3.63, 3.8) is 0 Å². The highest BCUT2D eigenvalue weighted by atomic mass is 32.2. The number of benzene rings is 2. The lowest BCUT2D eigenvalue weighted by atomic mass is 10.0. The minimum absolute atomic E-state index is 0.0229. The number of aromatic nitrogens is 1. The minimum Gasteiger partial charge on any atom is -0.338 e. The monoisotopic (exact) mass is 391 g/mol.